The van der Waals surface area contributed by atoms with Gasteiger partial charge in [0, 0.05) is 18.7 Å². The van der Waals surface area contributed by atoms with Crippen molar-refractivity contribution in [3.63, 3.8) is 0 Å². The quantitative estimate of drug-likeness (QED) is 0.842. The first kappa shape index (κ1) is 14.7. The second-order valence-electron chi connectivity index (χ2n) is 5.85. The summed E-state index contributed by atoms with van der Waals surface area (Å²) in [6.07, 6.45) is 2.14. The van der Waals surface area contributed by atoms with Crippen LogP contribution in [-0.2, 0) is 4.84 Å². The maximum Gasteiger partial charge on any atom is 0.171 e. The van der Waals surface area contributed by atoms with Gasteiger partial charge in [-0.1, -0.05) is 30.3 Å². The number of amidine groups is 1. The lowest BCUT2D eigenvalue weighted by atomic mass is 10.1. The van der Waals surface area contributed by atoms with Crippen LogP contribution < -0.4 is 5.48 Å². The van der Waals surface area contributed by atoms with Gasteiger partial charge in [0.05, 0.1) is 5.60 Å². The van der Waals surface area contributed by atoms with E-state index < -0.39 is 0 Å². The lowest BCUT2D eigenvalue weighted by molar-refractivity contribution is -0.0416. The van der Waals surface area contributed by atoms with Crippen LogP contribution in [0.15, 0.2) is 40.3 Å². The van der Waals surface area contributed by atoms with Crippen LogP contribution in [0.25, 0.3) is 0 Å². The van der Waals surface area contributed by atoms with E-state index in [0.29, 0.717) is 0 Å². The van der Waals surface area contributed by atoms with E-state index in [-0.39, 0.29) is 5.60 Å². The van der Waals surface area contributed by atoms with Gasteiger partial charge in [0.15, 0.2) is 5.84 Å². The molecule has 0 fully saturated rings. The first-order valence-corrected chi connectivity index (χ1v) is 7.15. The van der Waals surface area contributed by atoms with E-state index in [1.165, 1.54) is 0 Å². The molecule has 0 saturated carbocycles. The maximum absolute atomic E-state index is 5.66. The number of aliphatic imine (C=N–C) groups is 2. The highest BCUT2D eigenvalue weighted by Gasteiger charge is 2.17. The van der Waals surface area contributed by atoms with Crippen molar-refractivity contribution >= 4 is 11.5 Å². The number of nitrogens with zero attached hydrogens (tertiary/aromatic N) is 2. The lowest BCUT2D eigenvalue weighted by Crippen LogP contribution is -2.38. The smallest absolute Gasteiger partial charge is 0.171 e. The van der Waals surface area contributed by atoms with Gasteiger partial charge in [-0.2, -0.15) is 0 Å². The van der Waals surface area contributed by atoms with Crippen LogP contribution in [0.2, 0.25) is 0 Å². The Balaban J connectivity index is 2.23. The molecule has 0 unspecified atom stereocenters. The summed E-state index contributed by atoms with van der Waals surface area (Å²) in [5, 5.41) is 0. The van der Waals surface area contributed by atoms with Gasteiger partial charge in [0.25, 0.3) is 0 Å². The Morgan fingerprint density at radius 1 is 1.00 bits per heavy atom. The van der Waals surface area contributed by atoms with Crippen LogP contribution in [-0.4, -0.2) is 30.2 Å². The molecule has 0 saturated heterocycles. The largest absolute Gasteiger partial charge is 0.281 e. The van der Waals surface area contributed by atoms with Gasteiger partial charge >= 0.3 is 0 Å². The van der Waals surface area contributed by atoms with Crippen molar-refractivity contribution in [2.45, 2.75) is 39.2 Å². The van der Waals surface area contributed by atoms with Gasteiger partial charge in [-0.05, 0) is 33.6 Å². The Labute approximate surface area is 120 Å². The van der Waals surface area contributed by atoms with Crippen molar-refractivity contribution in [2.24, 2.45) is 9.98 Å². The van der Waals surface area contributed by atoms with E-state index in [2.05, 4.69) is 27.6 Å². The molecule has 0 bridgehead atoms. The molecule has 1 aromatic carbocycles. The number of rotatable bonds is 2. The highest BCUT2D eigenvalue weighted by atomic mass is 16.7. The summed E-state index contributed by atoms with van der Waals surface area (Å²) in [5.74, 6) is 0.728. The predicted octanol–water partition coefficient (Wildman–Crippen LogP) is 2.99. The first-order chi connectivity index (χ1) is 9.56. The van der Waals surface area contributed by atoms with Gasteiger partial charge in [-0.3, -0.25) is 14.8 Å². The Kier molecular flexibility index (Phi) is 4.90. The van der Waals surface area contributed by atoms with Gasteiger partial charge < -0.3 is 0 Å². The summed E-state index contributed by atoms with van der Waals surface area (Å²) >= 11 is 0. The minimum atomic E-state index is -0.271. The molecule has 0 spiro atoms. The third-order valence-corrected chi connectivity index (χ3v) is 2.83. The zero-order valence-corrected chi connectivity index (χ0v) is 12.5. The van der Waals surface area contributed by atoms with Gasteiger partial charge in [-0.15, -0.1) is 0 Å². The normalized spacial score (nSPS) is 16.8. The molecule has 1 aromatic rings. The minimum absolute atomic E-state index is 0.271. The molecule has 0 radical (unpaired) electrons. The Morgan fingerprint density at radius 2 is 1.65 bits per heavy atom. The van der Waals surface area contributed by atoms with Crippen molar-refractivity contribution < 1.29 is 4.84 Å². The average molecular weight is 273 g/mol. The Morgan fingerprint density at radius 3 is 2.30 bits per heavy atom. The van der Waals surface area contributed by atoms with Crippen molar-refractivity contribution in [3.8, 4) is 0 Å². The molecule has 1 N–H and O–H groups in total. The fraction of sp³-hybridized carbons (Fsp3) is 0.500. The average Bonchev–Trinajstić information content (AvgIpc) is 2.37. The fourth-order valence-corrected chi connectivity index (χ4v) is 1.86. The lowest BCUT2D eigenvalue weighted by Gasteiger charge is -2.22. The molecule has 1 aliphatic rings. The molecule has 4 nitrogen and oxygen atoms in total. The highest BCUT2D eigenvalue weighted by molar-refractivity contribution is 6.47. The number of nitrogens with one attached hydrogen (secondary N) is 1. The molecule has 2 rings (SSSR count). The number of hydrogen-bond donors (Lipinski definition) is 1. The fourth-order valence-electron chi connectivity index (χ4n) is 1.86. The first-order valence-electron chi connectivity index (χ1n) is 7.15. The minimum Gasteiger partial charge on any atom is -0.281 e. The topological polar surface area (TPSA) is 46.0 Å². The van der Waals surface area contributed by atoms with Crippen molar-refractivity contribution in [1.82, 2.24) is 5.48 Å². The van der Waals surface area contributed by atoms with E-state index in [0.717, 1.165) is 43.0 Å². The van der Waals surface area contributed by atoms with Gasteiger partial charge in [-0.25, -0.2) is 5.48 Å². The zero-order chi connectivity index (χ0) is 14.4. The number of benzene rings is 1. The summed E-state index contributed by atoms with van der Waals surface area (Å²) in [7, 11) is 0. The van der Waals surface area contributed by atoms with Crippen LogP contribution in [0.5, 0.6) is 0 Å². The van der Waals surface area contributed by atoms with Crippen LogP contribution in [0.1, 0.15) is 39.2 Å². The zero-order valence-electron chi connectivity index (χ0n) is 12.5. The molecular weight excluding hydrogens is 250 g/mol. The molecule has 0 amide bonds. The van der Waals surface area contributed by atoms with Gasteiger partial charge in [0.2, 0.25) is 0 Å². The van der Waals surface area contributed by atoms with E-state index in [1.807, 2.05) is 39.0 Å². The molecule has 4 heteroatoms. The SMILES string of the molecule is CC(C)(C)ONC1=NCCCCN=C1c1ccccc1. The third kappa shape index (κ3) is 4.46. The van der Waals surface area contributed by atoms with E-state index in [1.54, 1.807) is 0 Å². The van der Waals surface area contributed by atoms with Crippen molar-refractivity contribution in [2.75, 3.05) is 13.1 Å². The van der Waals surface area contributed by atoms with Crippen molar-refractivity contribution in [3.05, 3.63) is 35.9 Å². The molecule has 108 valence electrons. The van der Waals surface area contributed by atoms with Crippen LogP contribution >= 0.6 is 0 Å². The van der Waals surface area contributed by atoms with Crippen LogP contribution in [0, 0.1) is 0 Å². The number of hydrogen-bond acceptors (Lipinski definition) is 4. The monoisotopic (exact) mass is 273 g/mol. The number of hydroxylamine groups is 1. The summed E-state index contributed by atoms with van der Waals surface area (Å²) in [5.41, 5.74) is 4.68. The Bertz CT molecular complexity index is 486. The van der Waals surface area contributed by atoms with Crippen LogP contribution in [0.4, 0.5) is 0 Å². The Hall–Kier alpha value is -1.68. The molecule has 0 atom stereocenters. The summed E-state index contributed by atoms with van der Waals surface area (Å²) in [6.45, 7) is 7.65. The summed E-state index contributed by atoms with van der Waals surface area (Å²) < 4.78 is 0. The van der Waals surface area contributed by atoms with E-state index in [9.17, 15) is 0 Å². The second-order valence-corrected chi connectivity index (χ2v) is 5.85. The summed E-state index contributed by atoms with van der Waals surface area (Å²) in [6, 6.07) is 10.1. The van der Waals surface area contributed by atoms with Crippen LogP contribution in [0.3, 0.4) is 0 Å². The predicted molar refractivity (Wildman–Crippen MR) is 83.4 cm³/mol. The van der Waals surface area contributed by atoms with E-state index in [4.69, 9.17) is 4.84 Å². The van der Waals surface area contributed by atoms with Crippen molar-refractivity contribution in [1.29, 1.82) is 0 Å². The standard InChI is InChI=1S/C16H23N3O/c1-16(2,3)20-19-15-14(13-9-5-4-6-10-13)17-11-7-8-12-18-15/h4-6,9-10H,7-8,11-12H2,1-3H3,(H,18,19). The van der Waals surface area contributed by atoms with E-state index >= 15 is 0 Å². The molecule has 0 aromatic heterocycles. The molecule has 0 aliphatic carbocycles. The second kappa shape index (κ2) is 6.66. The molecule has 1 heterocycles. The summed E-state index contributed by atoms with van der Waals surface area (Å²) in [4.78, 5) is 14.9. The highest BCUT2D eigenvalue weighted by Crippen LogP contribution is 2.09. The molecule has 20 heavy (non-hydrogen) atoms. The molecule has 1 aliphatic heterocycles. The molecular formula is C16H23N3O. The van der Waals surface area contributed by atoms with Gasteiger partial charge in [0.1, 0.15) is 5.71 Å². The third-order valence-electron chi connectivity index (χ3n) is 2.83. The maximum atomic E-state index is 5.66.